The van der Waals surface area contributed by atoms with Crippen LogP contribution in [0.3, 0.4) is 0 Å². The lowest BCUT2D eigenvalue weighted by molar-refractivity contribution is -0.182. The van der Waals surface area contributed by atoms with Crippen LogP contribution in [0.1, 0.15) is 47.3 Å². The van der Waals surface area contributed by atoms with E-state index >= 15 is 8.78 Å². The molecule has 18 heteroatoms. The third-order valence-electron chi connectivity index (χ3n) is 4.43. The van der Waals surface area contributed by atoms with Crippen molar-refractivity contribution in [1.29, 1.82) is 0 Å². The number of nitrogens with one attached hydrogen (secondary N) is 1. The van der Waals surface area contributed by atoms with Gasteiger partial charge in [0.15, 0.2) is 11.9 Å². The standard InChI is InChI=1S/C20H29F2N2O13P/c1-12(2)35-17(27)30-10-33-38(29,34-11-31-18(28)36-13(3)4)32-9-20(22)8-19(5,21)15(37-20)24-7-6-14(25)23-16(24)26/h6-7,12-13,15H,8-11H2,1-5H3,(H,23,25,26)/t15-,19-,20+/m1/s1. The van der Waals surface area contributed by atoms with Gasteiger partial charge in [0.05, 0.1) is 12.2 Å². The highest BCUT2D eigenvalue weighted by atomic mass is 31.2. The summed E-state index contributed by atoms with van der Waals surface area (Å²) in [5.74, 6) is -2.99. The van der Waals surface area contributed by atoms with Gasteiger partial charge in [0.1, 0.15) is 6.61 Å². The molecule has 0 unspecified atom stereocenters. The summed E-state index contributed by atoms with van der Waals surface area (Å²) in [6.07, 6.45) is -5.44. The molecule has 3 atom stereocenters. The van der Waals surface area contributed by atoms with E-state index in [1.165, 1.54) is 27.7 Å². The summed E-state index contributed by atoms with van der Waals surface area (Å²) in [4.78, 5) is 48.2. The molecule has 1 N–H and O–H groups in total. The van der Waals surface area contributed by atoms with Crippen molar-refractivity contribution in [1.82, 2.24) is 9.55 Å². The van der Waals surface area contributed by atoms with Crippen LogP contribution < -0.4 is 11.2 Å². The summed E-state index contributed by atoms with van der Waals surface area (Å²) >= 11 is 0. The second kappa shape index (κ2) is 12.8. The molecule has 1 aromatic rings. The van der Waals surface area contributed by atoms with Crippen LogP contribution in [-0.4, -0.2) is 65.8 Å². The van der Waals surface area contributed by atoms with Gasteiger partial charge in [-0.3, -0.25) is 18.9 Å². The smallest absolute Gasteiger partial charge is 0.432 e. The predicted octanol–water partition coefficient (Wildman–Crippen LogP) is 3.05. The van der Waals surface area contributed by atoms with Crippen molar-refractivity contribution in [2.24, 2.45) is 0 Å². The number of rotatable bonds is 12. The van der Waals surface area contributed by atoms with Crippen LogP contribution in [0.15, 0.2) is 21.9 Å². The van der Waals surface area contributed by atoms with Crippen LogP contribution in [0.2, 0.25) is 0 Å². The number of hydrogen-bond donors (Lipinski definition) is 1. The topological polar surface area (TPSA) is 180 Å². The molecule has 0 radical (unpaired) electrons. The molecule has 216 valence electrons. The number of aromatic amines is 1. The first-order valence-corrected chi connectivity index (χ1v) is 12.6. The van der Waals surface area contributed by atoms with E-state index < -0.39 is 88.0 Å². The average molecular weight is 574 g/mol. The number of phosphoric acid groups is 1. The summed E-state index contributed by atoms with van der Waals surface area (Å²) in [6, 6.07) is 0.903. The number of hydrogen-bond acceptors (Lipinski definition) is 13. The fourth-order valence-corrected chi connectivity index (χ4v) is 3.97. The molecule has 2 rings (SSSR count). The Morgan fingerprint density at radius 3 is 2.08 bits per heavy atom. The van der Waals surface area contributed by atoms with Gasteiger partial charge in [-0.25, -0.2) is 36.8 Å². The minimum atomic E-state index is -4.87. The highest BCUT2D eigenvalue weighted by molar-refractivity contribution is 7.48. The summed E-state index contributed by atoms with van der Waals surface area (Å²) in [5, 5.41) is 0. The summed E-state index contributed by atoms with van der Waals surface area (Å²) in [5.41, 5.74) is -4.34. The van der Waals surface area contributed by atoms with Gasteiger partial charge in [-0.1, -0.05) is 0 Å². The van der Waals surface area contributed by atoms with E-state index in [1.807, 2.05) is 4.98 Å². The maximum atomic E-state index is 15.5. The Hall–Kier alpha value is -2.85. The molecule has 1 fully saturated rings. The fourth-order valence-electron chi connectivity index (χ4n) is 3.03. The lowest BCUT2D eigenvalue weighted by Crippen LogP contribution is -2.38. The Bertz CT molecular complexity index is 1110. The quantitative estimate of drug-likeness (QED) is 0.219. The van der Waals surface area contributed by atoms with Crippen LogP contribution in [-0.2, 0) is 41.8 Å². The van der Waals surface area contributed by atoms with Crippen molar-refractivity contribution < 1.29 is 60.2 Å². The first kappa shape index (κ1) is 31.4. The zero-order valence-corrected chi connectivity index (χ0v) is 22.1. The predicted molar refractivity (Wildman–Crippen MR) is 120 cm³/mol. The highest BCUT2D eigenvalue weighted by Gasteiger charge is 2.57. The lowest BCUT2D eigenvalue weighted by atomic mass is 10.0. The first-order valence-electron chi connectivity index (χ1n) is 11.1. The maximum absolute atomic E-state index is 15.5. The Labute approximate surface area is 214 Å². The molecule has 0 bridgehead atoms. The summed E-state index contributed by atoms with van der Waals surface area (Å²) in [7, 11) is -4.87. The van der Waals surface area contributed by atoms with E-state index in [1.54, 1.807) is 0 Å². The number of aromatic nitrogens is 2. The number of phosphoric ester groups is 1. The number of carbonyl (C=O) groups is 2. The Morgan fingerprint density at radius 2 is 1.61 bits per heavy atom. The highest BCUT2D eigenvalue weighted by Crippen LogP contribution is 2.53. The van der Waals surface area contributed by atoms with Crippen molar-refractivity contribution in [3.05, 3.63) is 33.1 Å². The van der Waals surface area contributed by atoms with Crippen LogP contribution >= 0.6 is 7.82 Å². The van der Waals surface area contributed by atoms with Crippen molar-refractivity contribution in [3.8, 4) is 0 Å². The van der Waals surface area contributed by atoms with Crippen LogP contribution in [0, 0.1) is 0 Å². The number of carbonyl (C=O) groups excluding carboxylic acids is 2. The van der Waals surface area contributed by atoms with Gasteiger partial charge < -0.3 is 23.7 Å². The van der Waals surface area contributed by atoms with E-state index in [-0.39, 0.29) is 0 Å². The second-order valence-electron chi connectivity index (χ2n) is 8.66. The molecule has 0 spiro atoms. The van der Waals surface area contributed by atoms with Gasteiger partial charge in [-0.05, 0) is 34.6 Å². The molecule has 1 aliphatic heterocycles. The lowest BCUT2D eigenvalue weighted by Gasteiger charge is -2.24. The minimum absolute atomic E-state index is 0.550. The average Bonchev–Trinajstić information content (AvgIpc) is 3.00. The molecule has 0 saturated carbocycles. The number of H-pyrrole nitrogens is 1. The van der Waals surface area contributed by atoms with Gasteiger partial charge in [0.25, 0.3) is 5.56 Å². The molecule has 1 aliphatic rings. The number of ether oxygens (including phenoxy) is 5. The normalized spacial score (nSPS) is 23.4. The van der Waals surface area contributed by atoms with E-state index in [0.29, 0.717) is 4.57 Å². The fraction of sp³-hybridized carbons (Fsp3) is 0.700. The zero-order valence-electron chi connectivity index (χ0n) is 21.2. The molecule has 2 heterocycles. The van der Waals surface area contributed by atoms with Gasteiger partial charge in [-0.2, -0.15) is 0 Å². The van der Waals surface area contributed by atoms with Crippen molar-refractivity contribution in [2.75, 3.05) is 20.2 Å². The molecular weight excluding hydrogens is 545 g/mol. The van der Waals surface area contributed by atoms with E-state index in [9.17, 15) is 23.7 Å². The van der Waals surface area contributed by atoms with Gasteiger partial charge >= 0.3 is 25.8 Å². The van der Waals surface area contributed by atoms with E-state index in [0.717, 1.165) is 19.2 Å². The van der Waals surface area contributed by atoms with Gasteiger partial charge in [-0.15, -0.1) is 0 Å². The van der Waals surface area contributed by atoms with E-state index in [4.69, 9.17) is 27.8 Å². The third kappa shape index (κ3) is 9.47. The van der Waals surface area contributed by atoms with Crippen molar-refractivity contribution in [3.63, 3.8) is 0 Å². The molecule has 0 amide bonds. The Kier molecular flexibility index (Phi) is 10.6. The van der Waals surface area contributed by atoms with Crippen molar-refractivity contribution >= 4 is 20.1 Å². The third-order valence-corrected chi connectivity index (χ3v) is 5.72. The van der Waals surface area contributed by atoms with E-state index in [2.05, 4.69) is 9.47 Å². The molecule has 0 aliphatic carbocycles. The molecule has 38 heavy (non-hydrogen) atoms. The number of alkyl halides is 2. The number of halogens is 2. The zero-order chi connectivity index (χ0) is 28.7. The summed E-state index contributed by atoms with van der Waals surface area (Å²) < 4.78 is 82.3. The first-order chi connectivity index (χ1) is 17.5. The van der Waals surface area contributed by atoms with Crippen LogP contribution in [0.25, 0.3) is 0 Å². The van der Waals surface area contributed by atoms with Gasteiger partial charge in [0.2, 0.25) is 19.4 Å². The molecule has 1 saturated heterocycles. The van der Waals surface area contributed by atoms with Gasteiger partial charge in [0, 0.05) is 18.7 Å². The minimum Gasteiger partial charge on any atom is -0.432 e. The molecule has 1 aromatic heterocycles. The number of nitrogens with zero attached hydrogens (tertiary/aromatic N) is 1. The summed E-state index contributed by atoms with van der Waals surface area (Å²) in [6.45, 7) is 3.66. The molecular formula is C20H29F2N2O13P. The largest absolute Gasteiger partial charge is 0.510 e. The second-order valence-corrected chi connectivity index (χ2v) is 10.3. The van der Waals surface area contributed by atoms with Crippen molar-refractivity contribution in [2.45, 2.75) is 71.0 Å². The maximum Gasteiger partial charge on any atom is 0.510 e. The Morgan fingerprint density at radius 1 is 1.08 bits per heavy atom. The van der Waals surface area contributed by atoms with Crippen LogP contribution in [0.4, 0.5) is 18.4 Å². The monoisotopic (exact) mass is 574 g/mol. The van der Waals surface area contributed by atoms with Crippen LogP contribution in [0.5, 0.6) is 0 Å². The Balaban J connectivity index is 2.10. The molecule has 0 aromatic carbocycles. The SMILES string of the molecule is CC(C)OC(=O)OCOP(=O)(OCOC(=O)OC(C)C)OC[C@]1(F)C[C@@](C)(F)[C@H](n2ccc(=O)[nH]c2=O)O1. The molecule has 15 nitrogen and oxygen atoms in total.